The summed E-state index contributed by atoms with van der Waals surface area (Å²) in [5, 5.41) is 3.97. The maximum Gasteiger partial charge on any atom is 0.252 e. The third-order valence-electron chi connectivity index (χ3n) is 5.30. The molecule has 1 N–H and O–H groups in total. The number of morpholine rings is 1. The first kappa shape index (κ1) is 19.6. The quantitative estimate of drug-likeness (QED) is 0.726. The van der Waals surface area contributed by atoms with Crippen molar-refractivity contribution in [2.75, 3.05) is 26.2 Å². The van der Waals surface area contributed by atoms with Crippen LogP contribution in [0.3, 0.4) is 0 Å². The van der Waals surface area contributed by atoms with E-state index in [2.05, 4.69) is 39.5 Å². The first-order valence-electron chi connectivity index (χ1n) is 10.1. The molecule has 5 heteroatoms. The van der Waals surface area contributed by atoms with Crippen molar-refractivity contribution in [1.29, 1.82) is 0 Å². The first-order valence-corrected chi connectivity index (χ1v) is 10.1. The van der Waals surface area contributed by atoms with Crippen LogP contribution in [-0.2, 0) is 11.3 Å². The highest BCUT2D eigenvalue weighted by Crippen LogP contribution is 2.20. The molecule has 2 heterocycles. The standard InChI is InChI=1S/C24H27N3O2/c1-17-8-9-23-21(12-17)22(13-18(2)26-23)24(28)25-14-20-16-27(10-11-29-20)15-19-6-4-3-5-7-19/h3-9,12-13,20H,10-11,14-16H2,1-2H3,(H,25,28). The van der Waals surface area contributed by atoms with Gasteiger partial charge in [0.2, 0.25) is 0 Å². The zero-order valence-electron chi connectivity index (χ0n) is 17.0. The van der Waals surface area contributed by atoms with Crippen molar-refractivity contribution in [1.82, 2.24) is 15.2 Å². The van der Waals surface area contributed by atoms with Crippen LogP contribution in [0.1, 0.15) is 27.2 Å². The minimum atomic E-state index is -0.0742. The van der Waals surface area contributed by atoms with Gasteiger partial charge in [0.05, 0.1) is 23.8 Å². The molecule has 1 aliphatic rings. The highest BCUT2D eigenvalue weighted by Gasteiger charge is 2.22. The van der Waals surface area contributed by atoms with Crippen LogP contribution in [-0.4, -0.2) is 48.1 Å². The number of carbonyl (C=O) groups excluding carboxylic acids is 1. The molecule has 0 spiro atoms. The highest BCUT2D eigenvalue weighted by atomic mass is 16.5. The highest BCUT2D eigenvalue weighted by molar-refractivity contribution is 6.06. The van der Waals surface area contributed by atoms with E-state index in [-0.39, 0.29) is 12.0 Å². The molecule has 1 atom stereocenters. The van der Waals surface area contributed by atoms with Crippen molar-refractivity contribution >= 4 is 16.8 Å². The summed E-state index contributed by atoms with van der Waals surface area (Å²) in [5.74, 6) is -0.0742. The molecule has 29 heavy (non-hydrogen) atoms. The second-order valence-electron chi connectivity index (χ2n) is 7.76. The van der Waals surface area contributed by atoms with E-state index in [4.69, 9.17) is 4.74 Å². The molecule has 1 aliphatic heterocycles. The average Bonchev–Trinajstić information content (AvgIpc) is 2.73. The Morgan fingerprint density at radius 1 is 1.17 bits per heavy atom. The van der Waals surface area contributed by atoms with E-state index in [0.29, 0.717) is 18.7 Å². The van der Waals surface area contributed by atoms with Gasteiger partial charge in [0, 0.05) is 37.3 Å². The number of fused-ring (bicyclic) bond motifs is 1. The number of ether oxygens (including phenoxy) is 1. The van der Waals surface area contributed by atoms with Gasteiger partial charge in [-0.15, -0.1) is 0 Å². The number of amides is 1. The van der Waals surface area contributed by atoms with Crippen molar-refractivity contribution in [3.8, 4) is 0 Å². The molecule has 0 radical (unpaired) electrons. The Labute approximate surface area is 171 Å². The zero-order chi connectivity index (χ0) is 20.2. The number of hydrogen-bond donors (Lipinski definition) is 1. The number of nitrogens with zero attached hydrogens (tertiary/aromatic N) is 2. The summed E-state index contributed by atoms with van der Waals surface area (Å²) < 4.78 is 5.89. The summed E-state index contributed by atoms with van der Waals surface area (Å²) in [6, 6.07) is 18.3. The number of aryl methyl sites for hydroxylation is 2. The summed E-state index contributed by atoms with van der Waals surface area (Å²) in [5.41, 5.74) is 4.78. The molecule has 4 rings (SSSR count). The van der Waals surface area contributed by atoms with Gasteiger partial charge in [-0.1, -0.05) is 42.0 Å². The van der Waals surface area contributed by atoms with Crippen LogP contribution in [0.4, 0.5) is 0 Å². The minimum absolute atomic E-state index is 0.00709. The van der Waals surface area contributed by atoms with Crippen molar-refractivity contribution in [2.24, 2.45) is 0 Å². The number of nitrogens with one attached hydrogen (secondary N) is 1. The topological polar surface area (TPSA) is 54.5 Å². The molecular weight excluding hydrogens is 362 g/mol. The Morgan fingerprint density at radius 3 is 2.83 bits per heavy atom. The van der Waals surface area contributed by atoms with Crippen molar-refractivity contribution in [2.45, 2.75) is 26.5 Å². The van der Waals surface area contributed by atoms with Gasteiger partial charge >= 0.3 is 0 Å². The van der Waals surface area contributed by atoms with Crippen LogP contribution in [0, 0.1) is 13.8 Å². The third kappa shape index (κ3) is 4.81. The smallest absolute Gasteiger partial charge is 0.252 e. The second-order valence-corrected chi connectivity index (χ2v) is 7.76. The molecule has 1 amide bonds. The third-order valence-corrected chi connectivity index (χ3v) is 5.30. The molecule has 2 aromatic carbocycles. The van der Waals surface area contributed by atoms with Crippen LogP contribution < -0.4 is 5.32 Å². The lowest BCUT2D eigenvalue weighted by Crippen LogP contribution is -2.47. The van der Waals surface area contributed by atoms with Gasteiger partial charge in [-0.05, 0) is 37.6 Å². The van der Waals surface area contributed by atoms with Crippen LogP contribution >= 0.6 is 0 Å². The van der Waals surface area contributed by atoms with Crippen LogP contribution in [0.5, 0.6) is 0 Å². The Morgan fingerprint density at radius 2 is 2.00 bits per heavy atom. The summed E-state index contributed by atoms with van der Waals surface area (Å²) >= 11 is 0. The molecule has 150 valence electrons. The number of aromatic nitrogens is 1. The lowest BCUT2D eigenvalue weighted by atomic mass is 10.0. The maximum atomic E-state index is 12.9. The van der Waals surface area contributed by atoms with Gasteiger partial charge in [-0.3, -0.25) is 14.7 Å². The SMILES string of the molecule is Cc1ccc2nc(C)cc(C(=O)NCC3CN(Cc4ccccc4)CCO3)c2c1. The van der Waals surface area contributed by atoms with E-state index in [1.807, 2.05) is 44.2 Å². The molecule has 1 aromatic heterocycles. The first-order chi connectivity index (χ1) is 14.1. The fourth-order valence-electron chi connectivity index (χ4n) is 3.85. The van der Waals surface area contributed by atoms with Gasteiger partial charge in [-0.25, -0.2) is 0 Å². The summed E-state index contributed by atoms with van der Waals surface area (Å²) in [4.78, 5) is 19.9. The van der Waals surface area contributed by atoms with Crippen LogP contribution in [0.15, 0.2) is 54.6 Å². The minimum Gasteiger partial charge on any atom is -0.374 e. The van der Waals surface area contributed by atoms with Gasteiger partial charge in [0.1, 0.15) is 0 Å². The van der Waals surface area contributed by atoms with Crippen molar-refractivity contribution < 1.29 is 9.53 Å². The Balaban J connectivity index is 1.40. The lowest BCUT2D eigenvalue weighted by molar-refractivity contribution is -0.0292. The molecule has 0 aliphatic carbocycles. The van der Waals surface area contributed by atoms with E-state index in [1.54, 1.807) is 0 Å². The normalized spacial score (nSPS) is 17.4. The summed E-state index contributed by atoms with van der Waals surface area (Å²) in [7, 11) is 0. The van der Waals surface area contributed by atoms with E-state index in [0.717, 1.165) is 41.8 Å². The van der Waals surface area contributed by atoms with Crippen LogP contribution in [0.2, 0.25) is 0 Å². The number of benzene rings is 2. The Hall–Kier alpha value is -2.76. The molecule has 0 bridgehead atoms. The fraction of sp³-hybridized carbons (Fsp3) is 0.333. The predicted molar refractivity (Wildman–Crippen MR) is 115 cm³/mol. The molecule has 3 aromatic rings. The summed E-state index contributed by atoms with van der Waals surface area (Å²) in [6.45, 7) is 7.75. The van der Waals surface area contributed by atoms with Crippen LogP contribution in [0.25, 0.3) is 10.9 Å². The lowest BCUT2D eigenvalue weighted by Gasteiger charge is -2.33. The van der Waals surface area contributed by atoms with Crippen molar-refractivity contribution in [3.63, 3.8) is 0 Å². The van der Waals surface area contributed by atoms with Gasteiger partial charge in [0.25, 0.3) is 5.91 Å². The molecule has 1 fully saturated rings. The summed E-state index contributed by atoms with van der Waals surface area (Å²) in [6.07, 6.45) is -0.00709. The van der Waals surface area contributed by atoms with Gasteiger partial charge < -0.3 is 10.1 Å². The van der Waals surface area contributed by atoms with Gasteiger partial charge in [-0.2, -0.15) is 0 Å². The van der Waals surface area contributed by atoms with E-state index in [1.165, 1.54) is 5.56 Å². The maximum absolute atomic E-state index is 12.9. The predicted octanol–water partition coefficient (Wildman–Crippen LogP) is 3.48. The number of carbonyl (C=O) groups is 1. The van der Waals surface area contributed by atoms with E-state index < -0.39 is 0 Å². The fourth-order valence-corrected chi connectivity index (χ4v) is 3.85. The average molecular weight is 389 g/mol. The molecule has 0 saturated carbocycles. The molecule has 1 saturated heterocycles. The number of hydrogen-bond acceptors (Lipinski definition) is 4. The molecule has 1 unspecified atom stereocenters. The largest absolute Gasteiger partial charge is 0.374 e. The Bertz CT molecular complexity index is 1000. The molecule has 5 nitrogen and oxygen atoms in total. The van der Waals surface area contributed by atoms with E-state index >= 15 is 0 Å². The second kappa shape index (κ2) is 8.72. The molecular formula is C24H27N3O2. The number of pyridine rings is 1. The number of rotatable bonds is 5. The van der Waals surface area contributed by atoms with Gasteiger partial charge in [0.15, 0.2) is 0 Å². The van der Waals surface area contributed by atoms with Crippen molar-refractivity contribution in [3.05, 3.63) is 77.0 Å². The zero-order valence-corrected chi connectivity index (χ0v) is 17.0. The monoisotopic (exact) mass is 389 g/mol. The van der Waals surface area contributed by atoms with E-state index in [9.17, 15) is 4.79 Å². The Kier molecular flexibility index (Phi) is 5.88.